The zero-order valence-corrected chi connectivity index (χ0v) is 23.9. The van der Waals surface area contributed by atoms with Gasteiger partial charge in [0.2, 0.25) is 0 Å². The molecule has 4 heteroatoms. The summed E-state index contributed by atoms with van der Waals surface area (Å²) < 4.78 is 2.38. The van der Waals surface area contributed by atoms with Gasteiger partial charge < -0.3 is 9.47 Å². The van der Waals surface area contributed by atoms with Gasteiger partial charge in [0, 0.05) is 45.3 Å². The van der Waals surface area contributed by atoms with Gasteiger partial charge in [-0.3, -0.25) is 9.98 Å². The maximum Gasteiger partial charge on any atom is 0.135 e. The molecule has 0 radical (unpaired) electrons. The van der Waals surface area contributed by atoms with E-state index in [2.05, 4.69) is 156 Å². The van der Waals surface area contributed by atoms with Gasteiger partial charge >= 0.3 is 0 Å². The lowest BCUT2D eigenvalue weighted by Gasteiger charge is -2.26. The molecule has 2 aromatic heterocycles. The number of anilines is 2. The molecular formula is C39H30N4. The van der Waals surface area contributed by atoms with E-state index in [4.69, 9.17) is 4.98 Å². The van der Waals surface area contributed by atoms with E-state index in [1.165, 1.54) is 38.8 Å². The van der Waals surface area contributed by atoms with Crippen molar-refractivity contribution in [2.45, 2.75) is 19.0 Å². The molecule has 1 aliphatic rings. The minimum absolute atomic E-state index is 0.102. The largest absolute Gasteiger partial charge is 0.318 e. The minimum atomic E-state index is -0.102. The van der Waals surface area contributed by atoms with Crippen molar-refractivity contribution in [3.05, 3.63) is 145 Å². The molecule has 0 bridgehead atoms. The second-order valence-corrected chi connectivity index (χ2v) is 11.1. The fourth-order valence-electron chi connectivity index (χ4n) is 6.83. The Morgan fingerprint density at radius 3 is 2.19 bits per heavy atom. The van der Waals surface area contributed by atoms with E-state index in [9.17, 15) is 0 Å². The third-order valence-corrected chi connectivity index (χ3v) is 8.70. The Balaban J connectivity index is 1.34. The third kappa shape index (κ3) is 3.91. The Labute approximate surface area is 250 Å². The molecule has 0 amide bonds. The van der Waals surface area contributed by atoms with Crippen LogP contribution in [0.15, 0.2) is 145 Å². The van der Waals surface area contributed by atoms with E-state index in [-0.39, 0.29) is 12.1 Å². The summed E-state index contributed by atoms with van der Waals surface area (Å²) in [6.07, 6.45) is 6.30. The molecule has 0 aliphatic carbocycles. The molecule has 2 unspecified atom stereocenters. The number of aliphatic imine (C=N–C) groups is 1. The standard InChI is InChI=1S/C39H30N4/c1-3-12-30-32-23-26(20-22-37(32)43(39(30)40-2)29-15-8-5-9-16-29)27-19-21-36-33(24-27)34-25-41-35-18-11-10-17-31(35)38(34)42(36)28-13-6-4-7-14-28/h3-25,30,39H,2H2,1H3/b12-3-. The highest BCUT2D eigenvalue weighted by molar-refractivity contribution is 6.18. The van der Waals surface area contributed by atoms with Crippen molar-refractivity contribution in [3.8, 4) is 16.8 Å². The first-order valence-electron chi connectivity index (χ1n) is 14.7. The van der Waals surface area contributed by atoms with E-state index in [1.807, 2.05) is 12.3 Å². The van der Waals surface area contributed by atoms with Crippen molar-refractivity contribution in [2.75, 3.05) is 4.90 Å². The molecule has 0 saturated heterocycles. The predicted molar refractivity (Wildman–Crippen MR) is 181 cm³/mol. The Bertz CT molecular complexity index is 2180. The lowest BCUT2D eigenvalue weighted by Crippen LogP contribution is -2.27. The molecule has 2 atom stereocenters. The Hall–Kier alpha value is -5.48. The highest BCUT2D eigenvalue weighted by atomic mass is 15.3. The lowest BCUT2D eigenvalue weighted by molar-refractivity contribution is 0.666. The summed E-state index contributed by atoms with van der Waals surface area (Å²) in [6, 6.07) is 43.1. The minimum Gasteiger partial charge on any atom is -0.318 e. The van der Waals surface area contributed by atoms with Crippen molar-refractivity contribution < 1.29 is 0 Å². The van der Waals surface area contributed by atoms with Gasteiger partial charge in [-0.1, -0.05) is 78.9 Å². The summed E-state index contributed by atoms with van der Waals surface area (Å²) in [5.74, 6) is 0.108. The number of hydrogen-bond donors (Lipinski definition) is 0. The quantitative estimate of drug-likeness (QED) is 0.157. The van der Waals surface area contributed by atoms with Crippen LogP contribution in [0.2, 0.25) is 0 Å². The first-order chi connectivity index (χ1) is 21.3. The predicted octanol–water partition coefficient (Wildman–Crippen LogP) is 9.84. The van der Waals surface area contributed by atoms with Crippen molar-refractivity contribution >= 4 is 50.8 Å². The molecule has 3 heterocycles. The van der Waals surface area contributed by atoms with E-state index < -0.39 is 0 Å². The third-order valence-electron chi connectivity index (χ3n) is 8.70. The van der Waals surface area contributed by atoms with Crippen molar-refractivity contribution in [1.82, 2.24) is 9.55 Å². The maximum atomic E-state index is 4.86. The Morgan fingerprint density at radius 2 is 1.42 bits per heavy atom. The smallest absolute Gasteiger partial charge is 0.135 e. The number of fused-ring (bicyclic) bond motifs is 6. The summed E-state index contributed by atoms with van der Waals surface area (Å²) in [6.45, 7) is 6.07. The number of allylic oxidation sites excluding steroid dienone is 1. The SMILES string of the molecule is C=NC1C(/C=C\C)c2cc(-c3ccc4c(c3)c3cnc5ccccc5c3n4-c3ccccc3)ccc2N1c1ccccc1. The van der Waals surface area contributed by atoms with E-state index in [1.54, 1.807) is 0 Å². The molecule has 43 heavy (non-hydrogen) atoms. The fraction of sp³-hybridized carbons (Fsp3) is 0.0769. The molecule has 8 rings (SSSR count). The van der Waals surface area contributed by atoms with Crippen molar-refractivity contribution in [1.29, 1.82) is 0 Å². The zero-order chi connectivity index (χ0) is 28.9. The second kappa shape index (κ2) is 10.1. The molecular weight excluding hydrogens is 524 g/mol. The Morgan fingerprint density at radius 1 is 0.721 bits per heavy atom. The van der Waals surface area contributed by atoms with Gasteiger partial charge in [0.1, 0.15) is 6.17 Å². The topological polar surface area (TPSA) is 33.4 Å². The molecule has 0 spiro atoms. The average molecular weight is 555 g/mol. The van der Waals surface area contributed by atoms with Gasteiger partial charge in [-0.15, -0.1) is 0 Å². The molecule has 0 saturated carbocycles. The maximum absolute atomic E-state index is 4.86. The van der Waals surface area contributed by atoms with Crippen LogP contribution < -0.4 is 4.90 Å². The normalized spacial score (nSPS) is 16.4. The van der Waals surface area contributed by atoms with Gasteiger partial charge in [0.05, 0.1) is 16.6 Å². The van der Waals surface area contributed by atoms with Crippen LogP contribution >= 0.6 is 0 Å². The monoisotopic (exact) mass is 554 g/mol. The molecule has 0 fully saturated rings. The van der Waals surface area contributed by atoms with Crippen LogP contribution in [0.25, 0.3) is 49.5 Å². The Kier molecular flexibility index (Phi) is 5.93. The highest BCUT2D eigenvalue weighted by Gasteiger charge is 2.37. The summed E-state index contributed by atoms with van der Waals surface area (Å²) >= 11 is 0. The first kappa shape index (κ1) is 25.2. The van der Waals surface area contributed by atoms with Crippen LogP contribution in [0.5, 0.6) is 0 Å². The van der Waals surface area contributed by atoms with Crippen LogP contribution in [0, 0.1) is 0 Å². The number of rotatable bonds is 5. The molecule has 4 nitrogen and oxygen atoms in total. The van der Waals surface area contributed by atoms with E-state index >= 15 is 0 Å². The number of nitrogens with zero attached hydrogens (tertiary/aromatic N) is 4. The van der Waals surface area contributed by atoms with Crippen LogP contribution in [0.3, 0.4) is 0 Å². The zero-order valence-electron chi connectivity index (χ0n) is 23.9. The summed E-state index contributed by atoms with van der Waals surface area (Å²) in [5.41, 5.74) is 10.4. The van der Waals surface area contributed by atoms with Gasteiger partial charge in [0.25, 0.3) is 0 Å². The lowest BCUT2D eigenvalue weighted by atomic mass is 9.94. The highest BCUT2D eigenvalue weighted by Crippen LogP contribution is 2.48. The van der Waals surface area contributed by atoms with Crippen molar-refractivity contribution in [2.24, 2.45) is 4.99 Å². The van der Waals surface area contributed by atoms with Crippen molar-refractivity contribution in [3.63, 3.8) is 0 Å². The average Bonchev–Trinajstić information content (AvgIpc) is 3.57. The molecule has 206 valence electrons. The number of hydrogen-bond acceptors (Lipinski definition) is 3. The van der Waals surface area contributed by atoms with Gasteiger partial charge in [0.15, 0.2) is 0 Å². The van der Waals surface area contributed by atoms with Gasteiger partial charge in [-0.05, 0) is 84.9 Å². The summed E-state index contributed by atoms with van der Waals surface area (Å²) in [4.78, 5) is 11.8. The molecule has 0 N–H and O–H groups in total. The summed E-state index contributed by atoms with van der Waals surface area (Å²) in [7, 11) is 0. The van der Waals surface area contributed by atoms with Crippen LogP contribution in [0.4, 0.5) is 11.4 Å². The number of pyridine rings is 1. The van der Waals surface area contributed by atoms with Gasteiger partial charge in [-0.25, -0.2) is 0 Å². The summed E-state index contributed by atoms with van der Waals surface area (Å²) in [5, 5.41) is 3.49. The molecule has 5 aromatic carbocycles. The number of para-hydroxylation sites is 3. The molecule has 1 aliphatic heterocycles. The number of aromatic nitrogens is 2. The second-order valence-electron chi connectivity index (χ2n) is 11.1. The first-order valence-corrected chi connectivity index (χ1v) is 14.7. The van der Waals surface area contributed by atoms with Crippen LogP contribution in [-0.2, 0) is 0 Å². The fourth-order valence-corrected chi connectivity index (χ4v) is 6.83. The van der Waals surface area contributed by atoms with Crippen LogP contribution in [0.1, 0.15) is 18.4 Å². The van der Waals surface area contributed by atoms with Crippen LogP contribution in [-0.4, -0.2) is 22.4 Å². The number of benzene rings is 5. The van der Waals surface area contributed by atoms with E-state index in [0.29, 0.717) is 0 Å². The molecule has 7 aromatic rings. The van der Waals surface area contributed by atoms with Gasteiger partial charge in [-0.2, -0.15) is 0 Å². The van der Waals surface area contributed by atoms with E-state index in [0.717, 1.165) is 27.7 Å².